The summed E-state index contributed by atoms with van der Waals surface area (Å²) in [6.07, 6.45) is 1.03. The molecule has 0 fully saturated rings. The van der Waals surface area contributed by atoms with Crippen molar-refractivity contribution in [2.45, 2.75) is 26.7 Å². The molecule has 98 valence electrons. The molecule has 0 unspecified atom stereocenters. The standard InChI is InChI=1S/C10H23NO4S/c1-3-11(7-9-15-4-2)16(13,14)10-6-5-8-12/h12H,3-10H2,1-2H3. The van der Waals surface area contributed by atoms with E-state index in [1.165, 1.54) is 4.31 Å². The topological polar surface area (TPSA) is 66.8 Å². The highest BCUT2D eigenvalue weighted by Gasteiger charge is 2.19. The second-order valence-electron chi connectivity index (χ2n) is 3.44. The fourth-order valence-electron chi connectivity index (χ4n) is 1.33. The molecule has 0 saturated heterocycles. The first-order valence-corrected chi connectivity index (χ1v) is 7.35. The van der Waals surface area contributed by atoms with Gasteiger partial charge in [-0.25, -0.2) is 8.42 Å². The Hall–Kier alpha value is -0.170. The molecule has 0 bridgehead atoms. The predicted octanol–water partition coefficient (Wildman–Crippen LogP) is 0.447. The van der Waals surface area contributed by atoms with E-state index in [0.717, 1.165) is 0 Å². The van der Waals surface area contributed by atoms with Crippen LogP contribution in [0.5, 0.6) is 0 Å². The lowest BCUT2D eigenvalue weighted by atomic mass is 10.4. The summed E-state index contributed by atoms with van der Waals surface area (Å²) in [6, 6.07) is 0. The van der Waals surface area contributed by atoms with Gasteiger partial charge in [0, 0.05) is 26.3 Å². The van der Waals surface area contributed by atoms with E-state index in [-0.39, 0.29) is 12.4 Å². The first-order chi connectivity index (χ1) is 7.58. The number of hydrogen-bond donors (Lipinski definition) is 1. The van der Waals surface area contributed by atoms with E-state index in [4.69, 9.17) is 9.84 Å². The number of nitrogens with zero attached hydrogens (tertiary/aromatic N) is 1. The Morgan fingerprint density at radius 2 is 1.94 bits per heavy atom. The maximum Gasteiger partial charge on any atom is 0.214 e. The molecule has 0 aliphatic heterocycles. The third-order valence-corrected chi connectivity index (χ3v) is 4.28. The number of rotatable bonds is 10. The van der Waals surface area contributed by atoms with Gasteiger partial charge in [-0.3, -0.25) is 0 Å². The quantitative estimate of drug-likeness (QED) is 0.574. The van der Waals surface area contributed by atoms with Crippen LogP contribution < -0.4 is 0 Å². The Kier molecular flexibility index (Phi) is 8.83. The number of hydrogen-bond acceptors (Lipinski definition) is 4. The second kappa shape index (κ2) is 8.92. The van der Waals surface area contributed by atoms with E-state index in [1.807, 2.05) is 13.8 Å². The lowest BCUT2D eigenvalue weighted by Gasteiger charge is -2.20. The fourth-order valence-corrected chi connectivity index (χ4v) is 2.90. The lowest BCUT2D eigenvalue weighted by molar-refractivity contribution is 0.135. The first kappa shape index (κ1) is 15.8. The number of sulfonamides is 1. The lowest BCUT2D eigenvalue weighted by Crippen LogP contribution is -2.35. The van der Waals surface area contributed by atoms with Gasteiger partial charge in [0.25, 0.3) is 0 Å². The maximum atomic E-state index is 11.8. The minimum absolute atomic E-state index is 0.0423. The van der Waals surface area contributed by atoms with Crippen molar-refractivity contribution in [3.8, 4) is 0 Å². The van der Waals surface area contributed by atoms with Gasteiger partial charge in [0.05, 0.1) is 12.4 Å². The summed E-state index contributed by atoms with van der Waals surface area (Å²) < 4.78 is 30.2. The Bertz CT molecular complexity index is 254. The van der Waals surface area contributed by atoms with Gasteiger partial charge >= 0.3 is 0 Å². The van der Waals surface area contributed by atoms with Gasteiger partial charge in [-0.2, -0.15) is 4.31 Å². The predicted molar refractivity (Wildman–Crippen MR) is 63.8 cm³/mol. The summed E-state index contributed by atoms with van der Waals surface area (Å²) in [6.45, 7) is 5.65. The number of likely N-dealkylation sites (N-methyl/N-ethyl adjacent to an activating group) is 1. The summed E-state index contributed by atoms with van der Waals surface area (Å²) in [4.78, 5) is 0. The molecule has 1 N–H and O–H groups in total. The molecule has 5 nitrogen and oxygen atoms in total. The van der Waals surface area contributed by atoms with Crippen LogP contribution in [-0.2, 0) is 14.8 Å². The zero-order chi connectivity index (χ0) is 12.4. The van der Waals surface area contributed by atoms with Gasteiger partial charge in [-0.05, 0) is 19.8 Å². The molecular weight excluding hydrogens is 230 g/mol. The Morgan fingerprint density at radius 3 is 2.44 bits per heavy atom. The van der Waals surface area contributed by atoms with Crippen molar-refractivity contribution < 1.29 is 18.3 Å². The summed E-state index contributed by atoms with van der Waals surface area (Å²) in [5.41, 5.74) is 0. The number of ether oxygens (including phenoxy) is 1. The van der Waals surface area contributed by atoms with Gasteiger partial charge in [-0.1, -0.05) is 6.92 Å². The molecule has 6 heteroatoms. The molecule has 0 heterocycles. The second-order valence-corrected chi connectivity index (χ2v) is 5.52. The minimum atomic E-state index is -3.18. The molecule has 0 aromatic carbocycles. The van der Waals surface area contributed by atoms with Crippen molar-refractivity contribution in [1.29, 1.82) is 0 Å². The van der Waals surface area contributed by atoms with Crippen LogP contribution in [-0.4, -0.2) is 56.5 Å². The normalized spacial score (nSPS) is 12.2. The van der Waals surface area contributed by atoms with E-state index in [9.17, 15) is 8.42 Å². The van der Waals surface area contributed by atoms with Crippen LogP contribution in [0.15, 0.2) is 0 Å². The molecule has 0 aliphatic rings. The van der Waals surface area contributed by atoms with Crippen molar-refractivity contribution in [2.24, 2.45) is 0 Å². The van der Waals surface area contributed by atoms with Gasteiger partial charge in [0.2, 0.25) is 10.0 Å². The summed E-state index contributed by atoms with van der Waals surface area (Å²) in [5, 5.41) is 8.60. The van der Waals surface area contributed by atoms with Crippen LogP contribution in [0.4, 0.5) is 0 Å². The highest BCUT2D eigenvalue weighted by atomic mass is 32.2. The average molecular weight is 253 g/mol. The van der Waals surface area contributed by atoms with Gasteiger partial charge in [-0.15, -0.1) is 0 Å². The number of aliphatic hydroxyl groups excluding tert-OH is 1. The van der Waals surface area contributed by atoms with Gasteiger partial charge in [0.1, 0.15) is 0 Å². The van der Waals surface area contributed by atoms with Crippen molar-refractivity contribution in [2.75, 3.05) is 38.7 Å². The molecular formula is C10H23NO4S. The van der Waals surface area contributed by atoms with Crippen LogP contribution in [0.2, 0.25) is 0 Å². The molecule has 0 rings (SSSR count). The van der Waals surface area contributed by atoms with E-state index < -0.39 is 10.0 Å². The van der Waals surface area contributed by atoms with E-state index in [0.29, 0.717) is 39.1 Å². The molecule has 0 aromatic rings. The molecule has 0 aliphatic carbocycles. The molecule has 0 spiro atoms. The molecule has 0 amide bonds. The molecule has 16 heavy (non-hydrogen) atoms. The van der Waals surface area contributed by atoms with Crippen LogP contribution in [0.3, 0.4) is 0 Å². The third kappa shape index (κ3) is 6.42. The van der Waals surface area contributed by atoms with Crippen LogP contribution in [0, 0.1) is 0 Å². The number of aliphatic hydroxyl groups is 1. The van der Waals surface area contributed by atoms with Crippen LogP contribution in [0.25, 0.3) is 0 Å². The van der Waals surface area contributed by atoms with E-state index in [1.54, 1.807) is 0 Å². The van der Waals surface area contributed by atoms with Crippen molar-refractivity contribution in [3.63, 3.8) is 0 Å². The zero-order valence-corrected chi connectivity index (χ0v) is 11.0. The van der Waals surface area contributed by atoms with Crippen molar-refractivity contribution >= 4 is 10.0 Å². The summed E-state index contributed by atoms with van der Waals surface area (Å²) in [5.74, 6) is 0.105. The molecule has 0 atom stereocenters. The Balaban J connectivity index is 4.09. The highest BCUT2D eigenvalue weighted by molar-refractivity contribution is 7.89. The zero-order valence-electron chi connectivity index (χ0n) is 10.2. The largest absolute Gasteiger partial charge is 0.396 e. The third-order valence-electron chi connectivity index (χ3n) is 2.25. The fraction of sp³-hybridized carbons (Fsp3) is 1.00. The molecule has 0 saturated carbocycles. The Morgan fingerprint density at radius 1 is 1.25 bits per heavy atom. The van der Waals surface area contributed by atoms with Crippen molar-refractivity contribution in [3.05, 3.63) is 0 Å². The van der Waals surface area contributed by atoms with E-state index >= 15 is 0 Å². The average Bonchev–Trinajstić information content (AvgIpc) is 2.24. The maximum absolute atomic E-state index is 11.8. The van der Waals surface area contributed by atoms with Crippen LogP contribution >= 0.6 is 0 Å². The number of unbranched alkanes of at least 4 members (excludes halogenated alkanes) is 1. The van der Waals surface area contributed by atoms with Gasteiger partial charge in [0.15, 0.2) is 0 Å². The monoisotopic (exact) mass is 253 g/mol. The van der Waals surface area contributed by atoms with E-state index in [2.05, 4.69) is 0 Å². The smallest absolute Gasteiger partial charge is 0.214 e. The SMILES string of the molecule is CCOCCN(CC)S(=O)(=O)CCCCO. The summed E-state index contributed by atoms with van der Waals surface area (Å²) >= 11 is 0. The van der Waals surface area contributed by atoms with Crippen molar-refractivity contribution in [1.82, 2.24) is 4.31 Å². The Labute approximate surface area is 98.5 Å². The van der Waals surface area contributed by atoms with Gasteiger partial charge < -0.3 is 9.84 Å². The molecule has 0 aromatic heterocycles. The summed E-state index contributed by atoms with van der Waals surface area (Å²) in [7, 11) is -3.18. The minimum Gasteiger partial charge on any atom is -0.396 e. The molecule has 0 radical (unpaired) electrons. The van der Waals surface area contributed by atoms with Crippen LogP contribution in [0.1, 0.15) is 26.7 Å². The highest BCUT2D eigenvalue weighted by Crippen LogP contribution is 2.04. The first-order valence-electron chi connectivity index (χ1n) is 5.74.